The summed E-state index contributed by atoms with van der Waals surface area (Å²) in [6.45, 7) is 14.2. The fraction of sp³-hybridized carbons (Fsp3) is 0.500. The molecule has 7 N–H and O–H groups in total. The van der Waals surface area contributed by atoms with Crippen LogP contribution < -0.4 is 21.7 Å². The van der Waals surface area contributed by atoms with Gasteiger partial charge in [0.05, 0.1) is 46.2 Å². The quantitative estimate of drug-likeness (QED) is 0.113. The molecule has 3 amide bonds. The topological polar surface area (TPSA) is 202 Å². The summed E-state index contributed by atoms with van der Waals surface area (Å²) in [4.78, 5) is 52.7. The van der Waals surface area contributed by atoms with Crippen LogP contribution in [-0.4, -0.2) is 128 Å². The molecule has 2 aromatic carbocycles. The van der Waals surface area contributed by atoms with E-state index in [1.807, 2.05) is 76.5 Å². The van der Waals surface area contributed by atoms with Crippen molar-refractivity contribution in [3.8, 4) is 27.4 Å². The summed E-state index contributed by atoms with van der Waals surface area (Å²) in [6.07, 6.45) is 1.15. The monoisotopic (exact) mass is 838 g/mol. The van der Waals surface area contributed by atoms with Crippen molar-refractivity contribution in [3.05, 3.63) is 71.4 Å². The average Bonchev–Trinajstić information content (AvgIpc) is 3.82. The van der Waals surface area contributed by atoms with Crippen LogP contribution >= 0.6 is 11.3 Å². The van der Waals surface area contributed by atoms with Crippen LogP contribution in [0.1, 0.15) is 64.3 Å². The second-order valence-corrected chi connectivity index (χ2v) is 18.6. The lowest BCUT2D eigenvalue weighted by molar-refractivity contribution is -0.144. The molecule has 5 heterocycles. The number of para-hydroxylation sites is 1. The number of carbonyl (C=O) groups excluding carboxylic acids is 3. The predicted molar refractivity (Wildman–Crippen MR) is 233 cm³/mol. The van der Waals surface area contributed by atoms with E-state index in [1.54, 1.807) is 29.5 Å². The van der Waals surface area contributed by atoms with Crippen molar-refractivity contribution in [3.63, 3.8) is 0 Å². The molecule has 7 rings (SSSR count). The van der Waals surface area contributed by atoms with Gasteiger partial charge in [-0.1, -0.05) is 57.2 Å². The van der Waals surface area contributed by atoms with Gasteiger partial charge < -0.3 is 41.7 Å². The number of carbonyl (C=O) groups is 3. The maximum Gasteiger partial charge on any atom is 0.246 e. The first-order chi connectivity index (χ1) is 28.6. The van der Waals surface area contributed by atoms with Gasteiger partial charge in [0, 0.05) is 57.3 Å². The highest BCUT2D eigenvalue weighted by molar-refractivity contribution is 7.13. The molecule has 4 atom stereocenters. The number of piperidine rings is 1. The number of nitrogens with two attached hydrogens (primary N) is 1. The maximum absolute atomic E-state index is 14.2. The van der Waals surface area contributed by atoms with Gasteiger partial charge in [-0.15, -0.1) is 21.5 Å². The number of hydrogen-bond donors (Lipinski definition) is 6. The van der Waals surface area contributed by atoms with Gasteiger partial charge in [0.15, 0.2) is 5.82 Å². The van der Waals surface area contributed by atoms with Crippen LogP contribution in [0.5, 0.6) is 5.75 Å². The van der Waals surface area contributed by atoms with E-state index in [1.165, 1.54) is 4.90 Å². The number of benzene rings is 2. The summed E-state index contributed by atoms with van der Waals surface area (Å²) in [7, 11) is 0. The summed E-state index contributed by atoms with van der Waals surface area (Å²) in [5, 5.41) is 38.8. The predicted octanol–water partition coefficient (Wildman–Crippen LogP) is 4.04. The number of nitrogens with zero attached hydrogens (tertiary/aromatic N) is 6. The van der Waals surface area contributed by atoms with Crippen molar-refractivity contribution < 1.29 is 24.6 Å². The van der Waals surface area contributed by atoms with Gasteiger partial charge >= 0.3 is 0 Å². The molecule has 320 valence electrons. The first-order valence-electron chi connectivity index (χ1n) is 20.8. The second-order valence-electron chi connectivity index (χ2n) is 17.7. The third-order valence-electron chi connectivity index (χ3n) is 11.9. The van der Waals surface area contributed by atoms with Crippen molar-refractivity contribution >= 4 is 40.6 Å². The zero-order chi connectivity index (χ0) is 42.7. The summed E-state index contributed by atoms with van der Waals surface area (Å²) in [5.74, 6) is -0.0509. The second kappa shape index (κ2) is 18.2. The number of hydrogen-bond acceptors (Lipinski definition) is 13. The van der Waals surface area contributed by atoms with Crippen LogP contribution in [0.15, 0.2) is 60.1 Å². The number of phenolic OH excluding ortho intramolecular Hbond substituents is 1. The van der Waals surface area contributed by atoms with Gasteiger partial charge in [-0.2, -0.15) is 0 Å². The van der Waals surface area contributed by atoms with Gasteiger partial charge in [-0.3, -0.25) is 19.3 Å². The van der Waals surface area contributed by atoms with Gasteiger partial charge in [-0.25, -0.2) is 4.98 Å². The zero-order valence-corrected chi connectivity index (χ0v) is 35.9. The summed E-state index contributed by atoms with van der Waals surface area (Å²) >= 11 is 1.58. The molecule has 0 spiro atoms. The minimum absolute atomic E-state index is 0.0212. The highest BCUT2D eigenvalue weighted by atomic mass is 32.1. The number of β-amino-alcohol motifs (C(OH)–C–C–N with tert-alkyl or cyclic N) is 1. The van der Waals surface area contributed by atoms with Gasteiger partial charge in [-0.05, 0) is 67.3 Å². The van der Waals surface area contributed by atoms with Gasteiger partial charge in [0.1, 0.15) is 17.8 Å². The van der Waals surface area contributed by atoms with Crippen LogP contribution in [0.3, 0.4) is 0 Å². The van der Waals surface area contributed by atoms with Crippen LogP contribution in [-0.2, 0) is 14.4 Å². The van der Waals surface area contributed by atoms with Gasteiger partial charge in [0.25, 0.3) is 0 Å². The van der Waals surface area contributed by atoms with Crippen molar-refractivity contribution in [2.45, 2.75) is 84.2 Å². The number of rotatable bonds is 13. The molecule has 0 bridgehead atoms. The number of aliphatic hydroxyl groups is 1. The highest BCUT2D eigenvalue weighted by Gasteiger charge is 2.45. The Balaban J connectivity index is 0.861. The lowest BCUT2D eigenvalue weighted by atomic mass is 9.85. The number of likely N-dealkylation sites (tertiary alicyclic amines) is 3. The Labute approximate surface area is 355 Å². The minimum Gasteiger partial charge on any atom is -0.507 e. The fourth-order valence-corrected chi connectivity index (χ4v) is 9.34. The van der Waals surface area contributed by atoms with E-state index in [9.17, 15) is 24.6 Å². The fourth-order valence-electron chi connectivity index (χ4n) is 8.53. The van der Waals surface area contributed by atoms with Crippen molar-refractivity contribution in [2.24, 2.45) is 11.3 Å². The third kappa shape index (κ3) is 10.1. The molecule has 16 heteroatoms. The maximum atomic E-state index is 14.2. The minimum atomic E-state index is -0.881. The molecular weight excluding hydrogens is 781 g/mol. The summed E-state index contributed by atoms with van der Waals surface area (Å²) < 4.78 is 0. The summed E-state index contributed by atoms with van der Waals surface area (Å²) in [5.41, 5.74) is 12.2. The van der Waals surface area contributed by atoms with E-state index in [4.69, 9.17) is 5.73 Å². The number of phenols is 1. The van der Waals surface area contributed by atoms with Crippen molar-refractivity contribution in [1.82, 2.24) is 40.5 Å². The number of thiazole rings is 1. The molecule has 60 heavy (non-hydrogen) atoms. The number of anilines is 2. The number of amides is 3. The Kier molecular flexibility index (Phi) is 13.0. The molecule has 2 aromatic heterocycles. The largest absolute Gasteiger partial charge is 0.507 e. The SMILES string of the molecule is Cc1ncsc1-c1ccc(C(C)NC(=O)[C@@H]2C[C@@H](O)CN2C(=O)C(NC(=O)CN2CC(CN3CCC(Nc4cc(-c5ccccc5O)nnc4N)CC3)C2)C(C)(C)C)cc1. The molecule has 3 aliphatic heterocycles. The average molecular weight is 839 g/mol. The molecule has 0 saturated carbocycles. The Morgan fingerprint density at radius 1 is 0.983 bits per heavy atom. The molecule has 0 radical (unpaired) electrons. The Morgan fingerprint density at radius 2 is 1.70 bits per heavy atom. The first kappa shape index (κ1) is 42.9. The lowest BCUT2D eigenvalue weighted by Crippen LogP contribution is -2.60. The number of aromatic hydroxyl groups is 1. The zero-order valence-electron chi connectivity index (χ0n) is 35.1. The summed E-state index contributed by atoms with van der Waals surface area (Å²) in [6, 6.07) is 15.0. The van der Waals surface area contributed by atoms with E-state index < -0.39 is 23.6 Å². The molecule has 15 nitrogen and oxygen atoms in total. The molecule has 0 aliphatic carbocycles. The Bertz CT molecular complexity index is 2140. The number of nitrogens with one attached hydrogen (secondary N) is 3. The number of aromatic nitrogens is 3. The van der Waals surface area contributed by atoms with E-state index in [2.05, 4.69) is 40.9 Å². The molecular formula is C44H58N10O5S. The number of aliphatic hydroxyl groups excluding tert-OH is 1. The van der Waals surface area contributed by atoms with Crippen LogP contribution in [0.25, 0.3) is 21.7 Å². The van der Waals surface area contributed by atoms with Crippen molar-refractivity contribution in [1.29, 1.82) is 0 Å². The van der Waals surface area contributed by atoms with Crippen LogP contribution in [0, 0.1) is 18.3 Å². The molecule has 4 aromatic rings. The Hall–Kier alpha value is -5.16. The standard InChI is InChI=1S/C44H58N10O5S/c1-26(29-10-12-30(13-11-29)39-27(2)46-25-60-39)47-42(58)36-18-32(55)23-54(36)43(59)40(44(3,4)5)49-38(57)24-53-21-28(22-53)20-52-16-14-31(15-17-52)48-35-19-34(50-51-41(35)45)33-8-6-7-9-37(33)56/h6-13,19,25-26,28,31-32,36,40,55-56H,14-18,20-24H2,1-5H3,(H2,45,51)(H,47,58)(H,48,50)(H,49,57)/t26?,32-,36+,40?/m1/s1. The first-order valence-corrected chi connectivity index (χ1v) is 21.7. The molecule has 3 fully saturated rings. The van der Waals surface area contributed by atoms with E-state index >= 15 is 0 Å². The van der Waals surface area contributed by atoms with E-state index in [0.29, 0.717) is 28.7 Å². The van der Waals surface area contributed by atoms with Gasteiger partial charge in [0.2, 0.25) is 17.7 Å². The third-order valence-corrected chi connectivity index (χ3v) is 12.9. The van der Waals surface area contributed by atoms with Crippen molar-refractivity contribution in [2.75, 3.05) is 56.9 Å². The number of aryl methyl sites for hydroxylation is 1. The van der Waals surface area contributed by atoms with Crippen LogP contribution in [0.4, 0.5) is 11.5 Å². The van der Waals surface area contributed by atoms with E-state index in [-0.39, 0.29) is 55.1 Å². The lowest BCUT2D eigenvalue weighted by Gasteiger charge is -2.43. The molecule has 3 aliphatic rings. The highest BCUT2D eigenvalue weighted by Crippen LogP contribution is 2.32. The number of nitrogen functional groups attached to an aromatic ring is 1. The van der Waals surface area contributed by atoms with Crippen LogP contribution in [0.2, 0.25) is 0 Å². The Morgan fingerprint density at radius 3 is 2.37 bits per heavy atom. The normalized spacial score (nSPS) is 20.3. The van der Waals surface area contributed by atoms with E-state index in [0.717, 1.165) is 67.3 Å². The molecule has 2 unspecified atom stereocenters. The molecule has 3 saturated heterocycles. The smallest absolute Gasteiger partial charge is 0.246 e.